The van der Waals surface area contributed by atoms with Crippen LogP contribution in [0.15, 0.2) is 17.0 Å². The van der Waals surface area contributed by atoms with Gasteiger partial charge in [0.25, 0.3) is 0 Å². The molecule has 2 N–H and O–H groups in total. The highest BCUT2D eigenvalue weighted by atomic mass is 32.2. The number of carboxylic acid groups (broad SMARTS) is 1. The minimum atomic E-state index is -4.00. The van der Waals surface area contributed by atoms with Crippen molar-refractivity contribution in [2.24, 2.45) is 5.92 Å². The Morgan fingerprint density at radius 3 is 2.29 bits per heavy atom. The lowest BCUT2D eigenvalue weighted by molar-refractivity contribution is -0.140. The van der Waals surface area contributed by atoms with Crippen molar-refractivity contribution in [3.8, 4) is 5.75 Å². The number of hydrogen-bond acceptors (Lipinski definition) is 4. The molecule has 1 unspecified atom stereocenters. The zero-order chi connectivity index (χ0) is 16.4. The van der Waals surface area contributed by atoms with Crippen molar-refractivity contribution in [2.75, 3.05) is 7.11 Å². The number of sulfonamides is 1. The third-order valence-electron chi connectivity index (χ3n) is 3.09. The number of aliphatic carboxylic acids is 1. The van der Waals surface area contributed by atoms with E-state index < -0.39 is 22.0 Å². The molecule has 0 saturated heterocycles. The largest absolute Gasteiger partial charge is 0.495 e. The Kier molecular flexibility index (Phi) is 5.36. The van der Waals surface area contributed by atoms with Gasteiger partial charge in [-0.15, -0.1) is 0 Å². The van der Waals surface area contributed by atoms with Gasteiger partial charge in [0.15, 0.2) is 0 Å². The first-order valence-corrected chi connectivity index (χ1v) is 7.98. The Morgan fingerprint density at radius 2 is 1.86 bits per heavy atom. The van der Waals surface area contributed by atoms with Gasteiger partial charge in [-0.1, -0.05) is 19.9 Å². The van der Waals surface area contributed by atoms with Crippen LogP contribution in [0, 0.1) is 19.8 Å². The van der Waals surface area contributed by atoms with E-state index in [-0.39, 0.29) is 16.6 Å². The summed E-state index contributed by atoms with van der Waals surface area (Å²) < 4.78 is 32.4. The number of benzene rings is 1. The summed E-state index contributed by atoms with van der Waals surface area (Å²) in [5.41, 5.74) is 1.37. The number of hydrogen-bond donors (Lipinski definition) is 2. The van der Waals surface area contributed by atoms with Crippen molar-refractivity contribution in [1.82, 2.24) is 4.72 Å². The second-order valence-electron chi connectivity index (χ2n) is 5.29. The number of carboxylic acids is 1. The highest BCUT2D eigenvalue weighted by Gasteiger charge is 2.31. The summed E-state index contributed by atoms with van der Waals surface area (Å²) in [5, 5.41) is 9.14. The zero-order valence-electron chi connectivity index (χ0n) is 12.8. The molecule has 0 spiro atoms. The van der Waals surface area contributed by atoms with E-state index in [1.165, 1.54) is 7.11 Å². The third-order valence-corrected chi connectivity index (χ3v) is 4.71. The maximum atomic E-state index is 12.5. The lowest BCUT2D eigenvalue weighted by Gasteiger charge is -2.20. The number of methoxy groups -OCH3 is 1. The van der Waals surface area contributed by atoms with E-state index in [4.69, 9.17) is 9.84 Å². The van der Waals surface area contributed by atoms with Crippen LogP contribution in [0.4, 0.5) is 0 Å². The quantitative estimate of drug-likeness (QED) is 0.833. The van der Waals surface area contributed by atoms with Gasteiger partial charge in [0.2, 0.25) is 10.0 Å². The highest BCUT2D eigenvalue weighted by Crippen LogP contribution is 2.29. The smallest absolute Gasteiger partial charge is 0.322 e. The van der Waals surface area contributed by atoms with Gasteiger partial charge in [0.1, 0.15) is 16.7 Å². The fourth-order valence-corrected chi connectivity index (χ4v) is 3.82. The summed E-state index contributed by atoms with van der Waals surface area (Å²) in [6.07, 6.45) is 0. The number of rotatable bonds is 6. The van der Waals surface area contributed by atoms with Gasteiger partial charge >= 0.3 is 5.97 Å². The van der Waals surface area contributed by atoms with Crippen LogP contribution in [0.2, 0.25) is 0 Å². The molecule has 0 aromatic heterocycles. The minimum absolute atomic E-state index is 0.0255. The molecular weight excluding hydrogens is 294 g/mol. The average molecular weight is 315 g/mol. The fraction of sp³-hybridized carbons (Fsp3) is 0.500. The molecule has 0 fully saturated rings. The fourth-order valence-electron chi connectivity index (χ4n) is 2.11. The molecule has 0 saturated carbocycles. The van der Waals surface area contributed by atoms with E-state index in [0.717, 1.165) is 5.56 Å². The summed E-state index contributed by atoms with van der Waals surface area (Å²) in [7, 11) is -2.62. The summed E-state index contributed by atoms with van der Waals surface area (Å²) >= 11 is 0. The molecule has 0 radical (unpaired) electrons. The van der Waals surface area contributed by atoms with Crippen LogP contribution >= 0.6 is 0 Å². The minimum Gasteiger partial charge on any atom is -0.495 e. The Balaban J connectivity index is 3.35. The summed E-state index contributed by atoms with van der Waals surface area (Å²) in [5.74, 6) is -1.39. The van der Waals surface area contributed by atoms with Crippen LogP contribution < -0.4 is 9.46 Å². The topological polar surface area (TPSA) is 92.7 Å². The Bertz CT molecular complexity index is 637. The first kappa shape index (κ1) is 17.5. The lowest BCUT2D eigenvalue weighted by atomic mass is 10.1. The van der Waals surface area contributed by atoms with Crippen LogP contribution in [0.3, 0.4) is 0 Å². The molecule has 0 aliphatic rings. The Labute approximate surface area is 125 Å². The standard InChI is InChI=1S/C14H21NO5S/c1-8(2)12(14(16)17)15-21(18,19)13-10(4)6-9(3)7-11(13)20-5/h6-8,12,15H,1-5H3,(H,16,17). The lowest BCUT2D eigenvalue weighted by Crippen LogP contribution is -2.44. The molecule has 1 rings (SSSR count). The van der Waals surface area contributed by atoms with Gasteiger partial charge in [-0.2, -0.15) is 4.72 Å². The van der Waals surface area contributed by atoms with Crippen molar-refractivity contribution >= 4 is 16.0 Å². The van der Waals surface area contributed by atoms with Gasteiger partial charge < -0.3 is 9.84 Å². The molecule has 0 aliphatic heterocycles. The first-order chi connectivity index (χ1) is 9.60. The maximum Gasteiger partial charge on any atom is 0.322 e. The first-order valence-electron chi connectivity index (χ1n) is 6.50. The second kappa shape index (κ2) is 6.44. The van der Waals surface area contributed by atoms with Crippen LogP contribution in [-0.2, 0) is 14.8 Å². The van der Waals surface area contributed by atoms with E-state index in [1.807, 2.05) is 6.92 Å². The SMILES string of the molecule is COc1cc(C)cc(C)c1S(=O)(=O)NC(C(=O)O)C(C)C. The number of aryl methyl sites for hydroxylation is 2. The molecule has 7 heteroatoms. The van der Waals surface area contributed by atoms with Crippen LogP contribution in [0.25, 0.3) is 0 Å². The average Bonchev–Trinajstić information content (AvgIpc) is 2.33. The Morgan fingerprint density at radius 1 is 1.29 bits per heavy atom. The van der Waals surface area contributed by atoms with E-state index >= 15 is 0 Å². The van der Waals surface area contributed by atoms with Crippen LogP contribution in [0.1, 0.15) is 25.0 Å². The second-order valence-corrected chi connectivity index (χ2v) is 6.95. The number of carbonyl (C=O) groups is 1. The van der Waals surface area contributed by atoms with Gasteiger partial charge in [-0.25, -0.2) is 8.42 Å². The van der Waals surface area contributed by atoms with Gasteiger partial charge in [-0.3, -0.25) is 4.79 Å². The van der Waals surface area contributed by atoms with E-state index in [9.17, 15) is 13.2 Å². The molecule has 6 nitrogen and oxygen atoms in total. The molecule has 1 aromatic rings. The third kappa shape index (κ3) is 3.95. The molecule has 0 heterocycles. The van der Waals surface area contributed by atoms with Crippen molar-refractivity contribution in [3.05, 3.63) is 23.3 Å². The molecule has 0 bridgehead atoms. The molecule has 118 valence electrons. The zero-order valence-corrected chi connectivity index (χ0v) is 13.6. The molecule has 0 aliphatic carbocycles. The highest BCUT2D eigenvalue weighted by molar-refractivity contribution is 7.89. The summed E-state index contributed by atoms with van der Waals surface area (Å²) in [6, 6.07) is 2.12. The van der Waals surface area contributed by atoms with Gasteiger partial charge in [-0.05, 0) is 37.0 Å². The normalized spacial score (nSPS) is 13.2. The monoisotopic (exact) mass is 315 g/mol. The van der Waals surface area contributed by atoms with Gasteiger partial charge in [0, 0.05) is 0 Å². The van der Waals surface area contributed by atoms with Crippen molar-refractivity contribution in [2.45, 2.75) is 38.6 Å². The van der Waals surface area contributed by atoms with E-state index in [1.54, 1.807) is 32.9 Å². The van der Waals surface area contributed by atoms with Crippen LogP contribution in [0.5, 0.6) is 5.75 Å². The van der Waals surface area contributed by atoms with E-state index in [0.29, 0.717) is 5.56 Å². The molecule has 0 amide bonds. The molecule has 21 heavy (non-hydrogen) atoms. The molecule has 1 atom stereocenters. The maximum absolute atomic E-state index is 12.5. The van der Waals surface area contributed by atoms with Crippen molar-refractivity contribution < 1.29 is 23.1 Å². The number of nitrogens with one attached hydrogen (secondary N) is 1. The summed E-state index contributed by atoms with van der Waals surface area (Å²) in [4.78, 5) is 11.2. The van der Waals surface area contributed by atoms with Gasteiger partial charge in [0.05, 0.1) is 7.11 Å². The Hall–Kier alpha value is -1.60. The number of ether oxygens (including phenoxy) is 1. The molecular formula is C14H21NO5S. The van der Waals surface area contributed by atoms with Crippen molar-refractivity contribution in [3.63, 3.8) is 0 Å². The van der Waals surface area contributed by atoms with E-state index in [2.05, 4.69) is 4.72 Å². The predicted octanol–water partition coefficient (Wildman–Crippen LogP) is 1.70. The van der Waals surface area contributed by atoms with Crippen molar-refractivity contribution in [1.29, 1.82) is 0 Å². The van der Waals surface area contributed by atoms with Crippen LogP contribution in [-0.4, -0.2) is 32.6 Å². The molecule has 1 aromatic carbocycles. The predicted molar refractivity (Wildman–Crippen MR) is 79.1 cm³/mol. The summed E-state index contributed by atoms with van der Waals surface area (Å²) in [6.45, 7) is 6.75.